The molecule has 2 aromatic carbocycles. The second-order valence-corrected chi connectivity index (χ2v) is 6.55. The van der Waals surface area contributed by atoms with Gasteiger partial charge in [-0.25, -0.2) is 0 Å². The fourth-order valence-corrected chi connectivity index (χ4v) is 3.36. The molecular weight excluding hydrogens is 348 g/mol. The number of halogens is 3. The van der Waals surface area contributed by atoms with E-state index in [4.69, 9.17) is 11.6 Å². The van der Waals surface area contributed by atoms with Crippen molar-refractivity contribution in [2.75, 3.05) is 0 Å². The van der Waals surface area contributed by atoms with Crippen molar-refractivity contribution in [1.29, 1.82) is 0 Å². The van der Waals surface area contributed by atoms with Crippen molar-refractivity contribution in [2.45, 2.75) is 37.8 Å². The summed E-state index contributed by atoms with van der Waals surface area (Å²) in [4.78, 5) is 12.8. The second-order valence-electron chi connectivity index (χ2n) is 6.11. The van der Waals surface area contributed by atoms with Crippen molar-refractivity contribution in [3.05, 3.63) is 64.7 Å². The zero-order valence-electron chi connectivity index (χ0n) is 13.5. The lowest BCUT2D eigenvalue weighted by molar-refractivity contribution is -0.130. The van der Waals surface area contributed by atoms with E-state index in [9.17, 15) is 13.6 Å². The van der Waals surface area contributed by atoms with Crippen molar-refractivity contribution in [3.8, 4) is 5.75 Å². The van der Waals surface area contributed by atoms with Crippen LogP contribution in [0.5, 0.6) is 5.75 Å². The number of nitrogens with one attached hydrogen (secondary N) is 1. The third-order valence-corrected chi connectivity index (χ3v) is 4.88. The number of hydrogen-bond acceptors (Lipinski definition) is 2. The van der Waals surface area contributed by atoms with Crippen LogP contribution in [-0.4, -0.2) is 12.5 Å². The first-order chi connectivity index (χ1) is 12.0. The third kappa shape index (κ3) is 3.76. The fourth-order valence-electron chi connectivity index (χ4n) is 3.17. The SMILES string of the molecule is O=C(NCc1ccccc1OC(F)F)C1(c2cccc(Cl)c2)CCC1. The number of ether oxygens (including phenoxy) is 1. The van der Waals surface area contributed by atoms with E-state index < -0.39 is 12.0 Å². The first-order valence-corrected chi connectivity index (χ1v) is 8.46. The van der Waals surface area contributed by atoms with E-state index in [2.05, 4.69) is 10.1 Å². The maximum Gasteiger partial charge on any atom is 0.387 e. The minimum absolute atomic E-state index is 0.0724. The molecule has 6 heteroatoms. The van der Waals surface area contributed by atoms with Crippen LogP contribution in [0.2, 0.25) is 5.02 Å². The summed E-state index contributed by atoms with van der Waals surface area (Å²) in [5.74, 6) is -0.0453. The largest absolute Gasteiger partial charge is 0.434 e. The van der Waals surface area contributed by atoms with Crippen molar-refractivity contribution in [3.63, 3.8) is 0 Å². The molecule has 0 heterocycles. The van der Waals surface area contributed by atoms with Gasteiger partial charge in [0, 0.05) is 17.1 Å². The molecule has 25 heavy (non-hydrogen) atoms. The first kappa shape index (κ1) is 17.7. The molecule has 0 aliphatic heterocycles. The molecule has 3 rings (SSSR count). The van der Waals surface area contributed by atoms with Crippen LogP contribution < -0.4 is 10.1 Å². The van der Waals surface area contributed by atoms with Gasteiger partial charge in [0.05, 0.1) is 5.41 Å². The zero-order valence-corrected chi connectivity index (χ0v) is 14.2. The summed E-state index contributed by atoms with van der Waals surface area (Å²) in [5.41, 5.74) is 0.807. The Labute approximate surface area is 149 Å². The second kappa shape index (κ2) is 7.40. The molecule has 1 amide bonds. The van der Waals surface area contributed by atoms with Crippen molar-refractivity contribution >= 4 is 17.5 Å². The molecule has 0 aromatic heterocycles. The van der Waals surface area contributed by atoms with Crippen molar-refractivity contribution in [1.82, 2.24) is 5.32 Å². The molecule has 1 N–H and O–H groups in total. The molecular formula is C19H18ClF2NO2. The molecule has 0 unspecified atom stereocenters. The van der Waals surface area contributed by atoms with Gasteiger partial charge in [-0.05, 0) is 36.6 Å². The van der Waals surface area contributed by atoms with Crippen molar-refractivity contribution in [2.24, 2.45) is 0 Å². The van der Waals surface area contributed by atoms with Gasteiger partial charge in [0.1, 0.15) is 5.75 Å². The molecule has 0 atom stereocenters. The highest BCUT2D eigenvalue weighted by Crippen LogP contribution is 2.44. The Kier molecular flexibility index (Phi) is 5.23. The van der Waals surface area contributed by atoms with Gasteiger partial charge >= 0.3 is 6.61 Å². The number of alkyl halides is 2. The molecule has 0 saturated heterocycles. The van der Waals surface area contributed by atoms with Gasteiger partial charge in [0.2, 0.25) is 5.91 Å². The Hall–Kier alpha value is -2.14. The van der Waals surface area contributed by atoms with Gasteiger partial charge in [-0.1, -0.05) is 48.4 Å². The molecule has 1 fully saturated rings. The molecule has 0 spiro atoms. The summed E-state index contributed by atoms with van der Waals surface area (Å²) < 4.78 is 29.5. The summed E-state index contributed by atoms with van der Waals surface area (Å²) in [6.45, 7) is -2.77. The highest BCUT2D eigenvalue weighted by molar-refractivity contribution is 6.30. The topological polar surface area (TPSA) is 38.3 Å². The van der Waals surface area contributed by atoms with Crippen LogP contribution in [0.15, 0.2) is 48.5 Å². The van der Waals surface area contributed by atoms with E-state index in [1.54, 1.807) is 24.3 Å². The Bertz CT molecular complexity index is 763. The van der Waals surface area contributed by atoms with Crippen LogP contribution in [0.1, 0.15) is 30.4 Å². The average molecular weight is 366 g/mol. The lowest BCUT2D eigenvalue weighted by Crippen LogP contribution is -2.49. The average Bonchev–Trinajstić information content (AvgIpc) is 2.52. The van der Waals surface area contributed by atoms with E-state index in [1.165, 1.54) is 6.07 Å². The van der Waals surface area contributed by atoms with Crippen LogP contribution in [0.4, 0.5) is 8.78 Å². The van der Waals surface area contributed by atoms with Crippen molar-refractivity contribution < 1.29 is 18.3 Å². The lowest BCUT2D eigenvalue weighted by Gasteiger charge is -2.40. The minimum Gasteiger partial charge on any atom is -0.434 e. The van der Waals surface area contributed by atoms with E-state index in [0.29, 0.717) is 10.6 Å². The van der Waals surface area contributed by atoms with Gasteiger partial charge in [0.15, 0.2) is 0 Å². The highest BCUT2D eigenvalue weighted by atomic mass is 35.5. The maximum absolute atomic E-state index is 12.8. The summed E-state index contributed by atoms with van der Waals surface area (Å²) >= 11 is 6.06. The standard InChI is InChI=1S/C19H18ClF2NO2/c20-15-7-3-6-14(11-15)19(9-4-10-19)17(24)23-12-13-5-1-2-8-16(13)25-18(21)22/h1-3,5-8,11,18H,4,9-10,12H2,(H,23,24). The van der Waals surface area contributed by atoms with Gasteiger partial charge < -0.3 is 10.1 Å². The predicted molar refractivity (Wildman–Crippen MR) is 91.9 cm³/mol. The first-order valence-electron chi connectivity index (χ1n) is 8.08. The smallest absolute Gasteiger partial charge is 0.387 e. The third-order valence-electron chi connectivity index (χ3n) is 4.65. The zero-order chi connectivity index (χ0) is 17.9. The number of amides is 1. The molecule has 0 radical (unpaired) electrons. The van der Waals surface area contributed by atoms with Crippen LogP contribution in [-0.2, 0) is 16.8 Å². The van der Waals surface area contributed by atoms with Crippen LogP contribution >= 0.6 is 11.6 Å². The van der Waals surface area contributed by atoms with Gasteiger partial charge in [-0.15, -0.1) is 0 Å². The predicted octanol–water partition coefficient (Wildman–Crippen LogP) is 4.68. The molecule has 1 saturated carbocycles. The molecule has 2 aromatic rings. The quantitative estimate of drug-likeness (QED) is 0.807. The molecule has 3 nitrogen and oxygen atoms in total. The molecule has 1 aliphatic rings. The normalized spacial score (nSPS) is 15.5. The summed E-state index contributed by atoms with van der Waals surface area (Å²) in [7, 11) is 0. The summed E-state index contributed by atoms with van der Waals surface area (Å²) in [6, 6.07) is 13.8. The Morgan fingerprint density at radius 1 is 1.20 bits per heavy atom. The maximum atomic E-state index is 12.8. The van der Waals surface area contributed by atoms with Gasteiger partial charge in [-0.3, -0.25) is 4.79 Å². The highest BCUT2D eigenvalue weighted by Gasteiger charge is 2.45. The lowest BCUT2D eigenvalue weighted by atomic mass is 9.64. The minimum atomic E-state index is -2.90. The molecule has 0 bridgehead atoms. The number of hydrogen-bond donors (Lipinski definition) is 1. The molecule has 132 valence electrons. The van der Waals surface area contributed by atoms with Gasteiger partial charge in [-0.2, -0.15) is 8.78 Å². The van der Waals surface area contributed by atoms with Gasteiger partial charge in [0.25, 0.3) is 0 Å². The van der Waals surface area contributed by atoms with Crippen LogP contribution in [0.3, 0.4) is 0 Å². The Balaban J connectivity index is 1.74. The number of carbonyl (C=O) groups excluding carboxylic acids is 1. The number of benzene rings is 2. The Morgan fingerprint density at radius 2 is 1.96 bits per heavy atom. The number of carbonyl (C=O) groups is 1. The fraction of sp³-hybridized carbons (Fsp3) is 0.316. The van der Waals surface area contributed by atoms with E-state index >= 15 is 0 Å². The number of para-hydroxylation sites is 1. The van der Waals surface area contributed by atoms with E-state index in [1.807, 2.05) is 18.2 Å². The summed E-state index contributed by atoms with van der Waals surface area (Å²) in [6.07, 6.45) is 2.45. The van der Waals surface area contributed by atoms with Crippen LogP contribution in [0.25, 0.3) is 0 Å². The van der Waals surface area contributed by atoms with E-state index in [0.717, 1.165) is 24.8 Å². The Morgan fingerprint density at radius 3 is 2.60 bits per heavy atom. The van der Waals surface area contributed by atoms with Crippen LogP contribution in [0, 0.1) is 0 Å². The summed E-state index contributed by atoms with van der Waals surface area (Å²) in [5, 5.41) is 3.46. The monoisotopic (exact) mass is 365 g/mol. The molecule has 1 aliphatic carbocycles. The number of rotatable bonds is 6. The van der Waals surface area contributed by atoms with E-state index in [-0.39, 0.29) is 18.2 Å².